The summed E-state index contributed by atoms with van der Waals surface area (Å²) in [6.07, 6.45) is 0.746. The summed E-state index contributed by atoms with van der Waals surface area (Å²) in [5.74, 6) is -0.587. The maximum Gasteiger partial charge on any atom is 0.338 e. The minimum Gasteiger partial charge on any atom is -0.465 e. The van der Waals surface area contributed by atoms with Gasteiger partial charge in [-0.25, -0.2) is 4.79 Å². The third kappa shape index (κ3) is 4.16. The number of amides is 2. The Labute approximate surface area is 158 Å². The van der Waals surface area contributed by atoms with Crippen LogP contribution >= 0.6 is 0 Å². The quantitative estimate of drug-likeness (QED) is 0.844. The van der Waals surface area contributed by atoms with Crippen molar-refractivity contribution in [2.24, 2.45) is 0 Å². The lowest BCUT2D eigenvalue weighted by Gasteiger charge is -2.17. The zero-order valence-corrected chi connectivity index (χ0v) is 15.4. The number of nitrogens with one attached hydrogen (secondary N) is 1. The second-order valence-electron chi connectivity index (χ2n) is 6.56. The summed E-state index contributed by atoms with van der Waals surface area (Å²) in [4.78, 5) is 37.8. The molecule has 2 amide bonds. The van der Waals surface area contributed by atoms with Gasteiger partial charge in [0.05, 0.1) is 12.7 Å². The molecule has 1 fully saturated rings. The van der Waals surface area contributed by atoms with Crippen molar-refractivity contribution in [2.45, 2.75) is 19.4 Å². The maximum absolute atomic E-state index is 12.9. The smallest absolute Gasteiger partial charge is 0.338 e. The average Bonchev–Trinajstić information content (AvgIpc) is 3.14. The number of esters is 1. The fourth-order valence-electron chi connectivity index (χ4n) is 3.38. The van der Waals surface area contributed by atoms with E-state index in [1.165, 1.54) is 14.0 Å². The minimum absolute atomic E-state index is 0.00492. The molecule has 0 aromatic heterocycles. The molecule has 0 aliphatic carbocycles. The second kappa shape index (κ2) is 8.03. The zero-order valence-electron chi connectivity index (χ0n) is 15.4. The van der Waals surface area contributed by atoms with E-state index in [2.05, 4.69) is 5.32 Å². The van der Waals surface area contributed by atoms with Gasteiger partial charge in [-0.2, -0.15) is 0 Å². The van der Waals surface area contributed by atoms with Gasteiger partial charge in [0.2, 0.25) is 5.91 Å². The second-order valence-corrected chi connectivity index (χ2v) is 6.56. The van der Waals surface area contributed by atoms with Gasteiger partial charge in [0.25, 0.3) is 5.91 Å². The van der Waals surface area contributed by atoms with Crippen LogP contribution in [0.15, 0.2) is 48.5 Å². The Kier molecular flexibility index (Phi) is 5.54. The number of hydrogen-bond acceptors (Lipinski definition) is 4. The highest BCUT2D eigenvalue weighted by atomic mass is 16.5. The molecule has 1 atom stereocenters. The van der Waals surface area contributed by atoms with Gasteiger partial charge in [0.15, 0.2) is 0 Å². The molecule has 0 bridgehead atoms. The summed E-state index contributed by atoms with van der Waals surface area (Å²) in [6, 6.07) is 14.4. The largest absolute Gasteiger partial charge is 0.465 e. The highest BCUT2D eigenvalue weighted by Crippen LogP contribution is 2.26. The molecular weight excluding hydrogens is 344 g/mol. The van der Waals surface area contributed by atoms with Crippen LogP contribution in [0.25, 0.3) is 11.1 Å². The molecule has 0 saturated carbocycles. The van der Waals surface area contributed by atoms with Crippen molar-refractivity contribution in [3.8, 4) is 11.1 Å². The number of ether oxygens (including phenoxy) is 1. The van der Waals surface area contributed by atoms with Crippen molar-refractivity contribution in [3.05, 3.63) is 59.7 Å². The number of carbonyl (C=O) groups excluding carboxylic acids is 3. The van der Waals surface area contributed by atoms with Crippen molar-refractivity contribution in [2.75, 3.05) is 20.2 Å². The summed E-state index contributed by atoms with van der Waals surface area (Å²) >= 11 is 0. The first kappa shape index (κ1) is 18.6. The van der Waals surface area contributed by atoms with Crippen LogP contribution in [0.1, 0.15) is 34.1 Å². The topological polar surface area (TPSA) is 75.7 Å². The summed E-state index contributed by atoms with van der Waals surface area (Å²) in [6.45, 7) is 2.58. The van der Waals surface area contributed by atoms with E-state index < -0.39 is 5.97 Å². The number of likely N-dealkylation sites (tertiary alicyclic amines) is 1. The van der Waals surface area contributed by atoms with Crippen LogP contribution in [0, 0.1) is 0 Å². The molecule has 1 aliphatic rings. The number of rotatable bonds is 4. The number of carbonyl (C=O) groups is 3. The normalized spacial score (nSPS) is 16.1. The molecule has 2 aromatic carbocycles. The Morgan fingerprint density at radius 3 is 2.63 bits per heavy atom. The lowest BCUT2D eigenvalue weighted by atomic mass is 9.98. The van der Waals surface area contributed by atoms with Crippen LogP contribution < -0.4 is 5.32 Å². The van der Waals surface area contributed by atoms with Crippen molar-refractivity contribution in [1.29, 1.82) is 0 Å². The van der Waals surface area contributed by atoms with Gasteiger partial charge in [-0.05, 0) is 35.7 Å². The SMILES string of the molecule is COC(=O)c1ccccc1-c1cccc(C(=O)N2CC[C@@H](NC(C)=O)C2)c1. The minimum atomic E-state index is -0.417. The van der Waals surface area contributed by atoms with E-state index in [4.69, 9.17) is 4.74 Å². The van der Waals surface area contributed by atoms with E-state index in [0.29, 0.717) is 24.2 Å². The zero-order chi connectivity index (χ0) is 19.4. The van der Waals surface area contributed by atoms with Gasteiger partial charge in [-0.1, -0.05) is 30.3 Å². The Balaban J connectivity index is 1.84. The summed E-state index contributed by atoms with van der Waals surface area (Å²) < 4.78 is 4.85. The predicted octanol–water partition coefficient (Wildman–Crippen LogP) is 2.49. The number of hydrogen-bond donors (Lipinski definition) is 1. The lowest BCUT2D eigenvalue weighted by Crippen LogP contribution is -2.37. The van der Waals surface area contributed by atoms with Crippen molar-refractivity contribution in [1.82, 2.24) is 10.2 Å². The molecule has 1 aliphatic heterocycles. The fraction of sp³-hybridized carbons (Fsp3) is 0.286. The van der Waals surface area contributed by atoms with Crippen LogP contribution in [0.5, 0.6) is 0 Å². The molecule has 2 aromatic rings. The number of methoxy groups -OCH3 is 1. The molecule has 1 N–H and O–H groups in total. The highest BCUT2D eigenvalue weighted by molar-refractivity contribution is 5.99. The molecule has 6 heteroatoms. The molecular formula is C21H22N2O4. The highest BCUT2D eigenvalue weighted by Gasteiger charge is 2.27. The fourth-order valence-corrected chi connectivity index (χ4v) is 3.38. The van der Waals surface area contributed by atoms with Gasteiger partial charge < -0.3 is 15.0 Å². The Hall–Kier alpha value is -3.15. The molecule has 6 nitrogen and oxygen atoms in total. The van der Waals surface area contributed by atoms with Gasteiger partial charge in [-0.3, -0.25) is 9.59 Å². The van der Waals surface area contributed by atoms with E-state index in [1.54, 1.807) is 35.2 Å². The number of nitrogens with zero attached hydrogens (tertiary/aromatic N) is 1. The first-order valence-electron chi connectivity index (χ1n) is 8.83. The van der Waals surface area contributed by atoms with Gasteiger partial charge in [0, 0.05) is 31.6 Å². The molecule has 1 heterocycles. The third-order valence-electron chi connectivity index (χ3n) is 4.64. The maximum atomic E-state index is 12.9. The van der Waals surface area contributed by atoms with E-state index >= 15 is 0 Å². The molecule has 0 unspecified atom stereocenters. The van der Waals surface area contributed by atoms with Crippen molar-refractivity contribution >= 4 is 17.8 Å². The van der Waals surface area contributed by atoms with Gasteiger partial charge >= 0.3 is 5.97 Å². The van der Waals surface area contributed by atoms with Crippen molar-refractivity contribution < 1.29 is 19.1 Å². The van der Waals surface area contributed by atoms with E-state index in [1.807, 2.05) is 18.2 Å². The first-order chi connectivity index (χ1) is 13.0. The summed E-state index contributed by atoms with van der Waals surface area (Å²) in [7, 11) is 1.35. The van der Waals surface area contributed by atoms with Crippen LogP contribution in [0.3, 0.4) is 0 Å². The van der Waals surface area contributed by atoms with Gasteiger partial charge in [-0.15, -0.1) is 0 Å². The van der Waals surface area contributed by atoms with E-state index in [0.717, 1.165) is 17.5 Å². The van der Waals surface area contributed by atoms with Gasteiger partial charge in [0.1, 0.15) is 0 Å². The first-order valence-corrected chi connectivity index (χ1v) is 8.83. The molecule has 3 rings (SSSR count). The molecule has 1 saturated heterocycles. The Morgan fingerprint density at radius 2 is 1.89 bits per heavy atom. The lowest BCUT2D eigenvalue weighted by molar-refractivity contribution is -0.119. The molecule has 27 heavy (non-hydrogen) atoms. The Morgan fingerprint density at radius 1 is 1.11 bits per heavy atom. The average molecular weight is 366 g/mol. The van der Waals surface area contributed by atoms with Crippen LogP contribution in [-0.4, -0.2) is 48.9 Å². The van der Waals surface area contributed by atoms with Crippen LogP contribution in [0.4, 0.5) is 0 Å². The summed E-state index contributed by atoms with van der Waals surface area (Å²) in [5, 5.41) is 2.86. The van der Waals surface area contributed by atoms with E-state index in [-0.39, 0.29) is 17.9 Å². The van der Waals surface area contributed by atoms with E-state index in [9.17, 15) is 14.4 Å². The molecule has 0 radical (unpaired) electrons. The predicted molar refractivity (Wildman–Crippen MR) is 101 cm³/mol. The Bertz CT molecular complexity index is 878. The van der Waals surface area contributed by atoms with Crippen LogP contribution in [-0.2, 0) is 9.53 Å². The molecule has 140 valence electrons. The van der Waals surface area contributed by atoms with Crippen molar-refractivity contribution in [3.63, 3.8) is 0 Å². The third-order valence-corrected chi connectivity index (χ3v) is 4.64. The monoisotopic (exact) mass is 366 g/mol. The standard InChI is InChI=1S/C21H22N2O4/c1-14(24)22-17-10-11-23(13-17)20(25)16-7-5-6-15(12-16)18-8-3-4-9-19(18)21(26)27-2/h3-9,12,17H,10-11,13H2,1-2H3,(H,22,24)/t17-/m1/s1. The van der Waals surface area contributed by atoms with Crippen LogP contribution in [0.2, 0.25) is 0 Å². The summed E-state index contributed by atoms with van der Waals surface area (Å²) in [5.41, 5.74) is 2.50. The molecule has 0 spiro atoms. The number of benzene rings is 2.